The normalized spacial score (nSPS) is 12.5. The smallest absolute Gasteiger partial charge is 0.310 e. The summed E-state index contributed by atoms with van der Waals surface area (Å²) >= 11 is 0. The van der Waals surface area contributed by atoms with Crippen molar-refractivity contribution in [3.63, 3.8) is 0 Å². The van der Waals surface area contributed by atoms with Crippen molar-refractivity contribution in [1.29, 1.82) is 0 Å². The maximum atomic E-state index is 11.3. The van der Waals surface area contributed by atoms with Crippen molar-refractivity contribution in [3.8, 4) is 0 Å². The molecule has 0 heterocycles. The molecule has 1 radical (unpaired) electrons. The fourth-order valence-corrected chi connectivity index (χ4v) is 2.19. The monoisotopic (exact) mass is 227 g/mol. The molecule has 87 valence electrons. The van der Waals surface area contributed by atoms with E-state index >= 15 is 0 Å². The highest BCUT2D eigenvalue weighted by atomic mass is 16.4. The summed E-state index contributed by atoms with van der Waals surface area (Å²) in [6.45, 7) is 2.01. The molecule has 0 aliphatic carbocycles. The summed E-state index contributed by atoms with van der Waals surface area (Å²) in [6, 6.07) is 14.5. The van der Waals surface area contributed by atoms with Gasteiger partial charge in [-0.3, -0.25) is 4.79 Å². The molecule has 2 heteroatoms. The summed E-state index contributed by atoms with van der Waals surface area (Å²) in [5.41, 5.74) is 0.897. The van der Waals surface area contributed by atoms with Crippen LogP contribution in [0.15, 0.2) is 36.4 Å². The van der Waals surface area contributed by atoms with Crippen molar-refractivity contribution in [3.05, 3.63) is 48.0 Å². The van der Waals surface area contributed by atoms with Crippen molar-refractivity contribution in [1.82, 2.24) is 0 Å². The van der Waals surface area contributed by atoms with Crippen LogP contribution in [0, 0.1) is 6.07 Å². The van der Waals surface area contributed by atoms with Crippen molar-refractivity contribution in [2.75, 3.05) is 0 Å². The van der Waals surface area contributed by atoms with Crippen LogP contribution in [0.2, 0.25) is 0 Å². The van der Waals surface area contributed by atoms with Gasteiger partial charge in [-0.2, -0.15) is 0 Å². The Morgan fingerprint density at radius 2 is 2.24 bits per heavy atom. The lowest BCUT2D eigenvalue weighted by Gasteiger charge is -2.14. The molecule has 17 heavy (non-hydrogen) atoms. The minimum absolute atomic E-state index is 0.417. The van der Waals surface area contributed by atoms with Gasteiger partial charge in [0.15, 0.2) is 0 Å². The van der Waals surface area contributed by atoms with Crippen molar-refractivity contribution in [2.24, 2.45) is 0 Å². The largest absolute Gasteiger partial charge is 0.481 e. The molecule has 1 unspecified atom stereocenters. The number of carboxylic acid groups (broad SMARTS) is 1. The van der Waals surface area contributed by atoms with Gasteiger partial charge < -0.3 is 5.11 Å². The zero-order valence-electron chi connectivity index (χ0n) is 9.81. The second-order valence-corrected chi connectivity index (χ2v) is 4.17. The van der Waals surface area contributed by atoms with E-state index < -0.39 is 11.9 Å². The lowest BCUT2D eigenvalue weighted by Crippen LogP contribution is -2.11. The van der Waals surface area contributed by atoms with Crippen LogP contribution in [0.5, 0.6) is 0 Å². The molecule has 0 bridgehead atoms. The van der Waals surface area contributed by atoms with Gasteiger partial charge in [-0.25, -0.2) is 0 Å². The Balaban J connectivity index is 2.56. The van der Waals surface area contributed by atoms with Crippen LogP contribution >= 0.6 is 0 Å². The van der Waals surface area contributed by atoms with Gasteiger partial charge in [0.25, 0.3) is 0 Å². The number of fused-ring (bicyclic) bond motifs is 1. The third kappa shape index (κ3) is 2.31. The molecule has 0 spiro atoms. The highest BCUT2D eigenvalue weighted by molar-refractivity contribution is 5.90. The Bertz CT molecular complexity index is 526. The van der Waals surface area contributed by atoms with Gasteiger partial charge in [-0.15, -0.1) is 0 Å². The van der Waals surface area contributed by atoms with Crippen LogP contribution in [-0.4, -0.2) is 11.1 Å². The Hall–Kier alpha value is -1.83. The second kappa shape index (κ2) is 5.00. The lowest BCUT2D eigenvalue weighted by atomic mass is 9.90. The minimum Gasteiger partial charge on any atom is -0.481 e. The van der Waals surface area contributed by atoms with Crippen LogP contribution < -0.4 is 0 Å². The molecule has 2 nitrogen and oxygen atoms in total. The summed E-state index contributed by atoms with van der Waals surface area (Å²) in [4.78, 5) is 11.3. The number of carbonyl (C=O) groups is 1. The molecule has 0 saturated heterocycles. The summed E-state index contributed by atoms with van der Waals surface area (Å²) in [7, 11) is 0. The van der Waals surface area contributed by atoms with Gasteiger partial charge >= 0.3 is 5.97 Å². The molecular formula is C15H15O2. The molecule has 2 rings (SSSR count). The van der Waals surface area contributed by atoms with E-state index in [2.05, 4.69) is 6.07 Å². The first-order valence-corrected chi connectivity index (χ1v) is 5.85. The van der Waals surface area contributed by atoms with Crippen LogP contribution in [0.3, 0.4) is 0 Å². The first-order chi connectivity index (χ1) is 8.24. The number of carboxylic acids is 1. The number of aliphatic carboxylic acids is 1. The van der Waals surface area contributed by atoms with Gasteiger partial charge in [0, 0.05) is 0 Å². The molecule has 0 saturated carbocycles. The number of rotatable bonds is 4. The molecule has 1 N–H and O–H groups in total. The van der Waals surface area contributed by atoms with E-state index in [1.165, 1.54) is 0 Å². The third-order valence-corrected chi connectivity index (χ3v) is 3.01. The molecule has 0 aliphatic heterocycles. The van der Waals surface area contributed by atoms with Crippen molar-refractivity contribution >= 4 is 16.7 Å². The predicted molar refractivity (Wildman–Crippen MR) is 68.1 cm³/mol. The van der Waals surface area contributed by atoms with Gasteiger partial charge in [0.1, 0.15) is 0 Å². The van der Waals surface area contributed by atoms with Gasteiger partial charge in [0.2, 0.25) is 0 Å². The number of hydrogen-bond acceptors (Lipinski definition) is 1. The molecule has 0 aliphatic rings. The molecule has 0 amide bonds. The summed E-state index contributed by atoms with van der Waals surface area (Å²) < 4.78 is 0. The van der Waals surface area contributed by atoms with Gasteiger partial charge in [-0.05, 0) is 34.9 Å². The average Bonchev–Trinajstić information content (AvgIpc) is 2.35. The van der Waals surface area contributed by atoms with E-state index in [1.807, 2.05) is 43.3 Å². The van der Waals surface area contributed by atoms with Crippen molar-refractivity contribution in [2.45, 2.75) is 25.7 Å². The average molecular weight is 227 g/mol. The fourth-order valence-electron chi connectivity index (χ4n) is 2.19. The standard InChI is InChI=1S/C15H15O2/c1-2-6-14(15(16)17)13-10-5-8-11-7-3-4-9-12(11)13/h3,5,7-10,14H,2,6H2,1H3,(H,16,17). The van der Waals surface area contributed by atoms with Crippen LogP contribution in [0.1, 0.15) is 31.2 Å². The van der Waals surface area contributed by atoms with Gasteiger partial charge in [0.05, 0.1) is 5.92 Å². The Labute approximate surface area is 101 Å². The maximum absolute atomic E-state index is 11.3. The molecule has 2 aromatic carbocycles. The molecule has 2 aromatic rings. The van der Waals surface area contributed by atoms with E-state index in [1.54, 1.807) is 0 Å². The Morgan fingerprint density at radius 1 is 1.41 bits per heavy atom. The van der Waals surface area contributed by atoms with E-state index in [4.69, 9.17) is 0 Å². The zero-order valence-corrected chi connectivity index (χ0v) is 9.81. The van der Waals surface area contributed by atoms with Crippen LogP contribution in [0.4, 0.5) is 0 Å². The number of benzene rings is 2. The molecule has 0 aromatic heterocycles. The van der Waals surface area contributed by atoms with E-state index in [-0.39, 0.29) is 0 Å². The highest BCUT2D eigenvalue weighted by Crippen LogP contribution is 2.28. The van der Waals surface area contributed by atoms with Crippen LogP contribution in [-0.2, 0) is 4.79 Å². The topological polar surface area (TPSA) is 37.3 Å². The highest BCUT2D eigenvalue weighted by Gasteiger charge is 2.20. The Kier molecular flexibility index (Phi) is 3.43. The van der Waals surface area contributed by atoms with Crippen LogP contribution in [0.25, 0.3) is 10.8 Å². The minimum atomic E-state index is -0.747. The van der Waals surface area contributed by atoms with E-state index in [0.717, 1.165) is 22.8 Å². The summed E-state index contributed by atoms with van der Waals surface area (Å²) in [6.07, 6.45) is 1.53. The zero-order chi connectivity index (χ0) is 12.3. The van der Waals surface area contributed by atoms with E-state index in [0.29, 0.717) is 6.42 Å². The van der Waals surface area contributed by atoms with Crippen molar-refractivity contribution < 1.29 is 9.90 Å². The first kappa shape index (κ1) is 11.6. The SMILES string of the molecule is CCCC(C(=O)O)c1cccc2cc[c]cc12. The molecule has 1 atom stereocenters. The molecule has 0 fully saturated rings. The second-order valence-electron chi connectivity index (χ2n) is 4.17. The van der Waals surface area contributed by atoms with E-state index in [9.17, 15) is 9.90 Å². The third-order valence-electron chi connectivity index (χ3n) is 3.01. The van der Waals surface area contributed by atoms with Gasteiger partial charge in [-0.1, -0.05) is 43.7 Å². The Morgan fingerprint density at radius 3 is 2.94 bits per heavy atom. The fraction of sp³-hybridized carbons (Fsp3) is 0.267. The molecular weight excluding hydrogens is 212 g/mol. The first-order valence-electron chi connectivity index (χ1n) is 5.85. The summed E-state index contributed by atoms with van der Waals surface area (Å²) in [5, 5.41) is 11.4. The lowest BCUT2D eigenvalue weighted by molar-refractivity contribution is -0.138. The summed E-state index contributed by atoms with van der Waals surface area (Å²) in [5.74, 6) is -1.16. The quantitative estimate of drug-likeness (QED) is 0.866. The predicted octanol–water partition coefficient (Wildman–Crippen LogP) is 3.61. The number of hydrogen-bond donors (Lipinski definition) is 1. The maximum Gasteiger partial charge on any atom is 0.310 e.